The first kappa shape index (κ1) is 10.8. The fraction of sp³-hybridized carbons (Fsp3) is 0.400. The summed E-state index contributed by atoms with van der Waals surface area (Å²) in [6.45, 7) is 2.13. The molecule has 1 unspecified atom stereocenters. The molecular formula is C10H13IO2. The van der Waals surface area contributed by atoms with Gasteiger partial charge in [-0.25, -0.2) is 0 Å². The first-order valence-electron chi connectivity index (χ1n) is 4.14. The van der Waals surface area contributed by atoms with Gasteiger partial charge in [-0.1, -0.05) is 19.1 Å². The van der Waals surface area contributed by atoms with Crippen LogP contribution in [0.25, 0.3) is 0 Å². The third-order valence-electron chi connectivity index (χ3n) is 2.01. The van der Waals surface area contributed by atoms with Crippen LogP contribution in [0.3, 0.4) is 0 Å². The maximum atomic E-state index is 9.04. The van der Waals surface area contributed by atoms with Crippen LogP contribution in [-0.2, 0) is 0 Å². The van der Waals surface area contributed by atoms with Gasteiger partial charge in [-0.15, -0.1) is 0 Å². The fourth-order valence-electron chi connectivity index (χ4n) is 1.23. The average Bonchev–Trinajstić information content (AvgIpc) is 2.16. The number of halogens is 1. The highest BCUT2D eigenvalue weighted by molar-refractivity contribution is 14.1. The quantitative estimate of drug-likeness (QED) is 0.867. The highest BCUT2D eigenvalue weighted by atomic mass is 127. The van der Waals surface area contributed by atoms with Gasteiger partial charge in [0.25, 0.3) is 0 Å². The van der Waals surface area contributed by atoms with Crippen molar-refractivity contribution in [3.63, 3.8) is 0 Å². The summed E-state index contributed by atoms with van der Waals surface area (Å²) >= 11 is 2.23. The Morgan fingerprint density at radius 3 is 2.77 bits per heavy atom. The van der Waals surface area contributed by atoms with Gasteiger partial charge in [-0.2, -0.15) is 0 Å². The molecule has 1 N–H and O–H groups in total. The van der Waals surface area contributed by atoms with E-state index in [1.54, 1.807) is 7.11 Å². The number of aliphatic hydroxyl groups excluding tert-OH is 1. The highest BCUT2D eigenvalue weighted by Crippen LogP contribution is 2.30. The van der Waals surface area contributed by atoms with E-state index < -0.39 is 0 Å². The molecular weight excluding hydrogens is 279 g/mol. The summed E-state index contributed by atoms with van der Waals surface area (Å²) in [5.41, 5.74) is 1.07. The Morgan fingerprint density at radius 2 is 2.23 bits per heavy atom. The van der Waals surface area contributed by atoms with E-state index in [4.69, 9.17) is 9.84 Å². The molecule has 0 saturated heterocycles. The second-order valence-corrected chi connectivity index (χ2v) is 4.11. The Labute approximate surface area is 92.1 Å². The second-order valence-electron chi connectivity index (χ2n) is 2.95. The Hall–Kier alpha value is -0.290. The van der Waals surface area contributed by atoms with Gasteiger partial charge >= 0.3 is 0 Å². The van der Waals surface area contributed by atoms with E-state index >= 15 is 0 Å². The van der Waals surface area contributed by atoms with Crippen molar-refractivity contribution in [2.45, 2.75) is 12.8 Å². The number of hydrogen-bond acceptors (Lipinski definition) is 2. The molecule has 1 rings (SSSR count). The number of ether oxygens (including phenoxy) is 1. The molecule has 0 spiro atoms. The van der Waals surface area contributed by atoms with Gasteiger partial charge in [0.2, 0.25) is 0 Å². The minimum Gasteiger partial charge on any atom is -0.495 e. The van der Waals surface area contributed by atoms with Crippen molar-refractivity contribution in [1.82, 2.24) is 0 Å². The van der Waals surface area contributed by atoms with E-state index in [0.29, 0.717) is 0 Å². The Balaban J connectivity index is 3.12. The lowest BCUT2D eigenvalue weighted by Gasteiger charge is -2.14. The van der Waals surface area contributed by atoms with Crippen LogP contribution in [-0.4, -0.2) is 18.8 Å². The van der Waals surface area contributed by atoms with E-state index in [1.165, 1.54) is 0 Å². The predicted molar refractivity (Wildman–Crippen MR) is 61.2 cm³/mol. The standard InChI is InChI=1S/C10H13IO2/c1-7(6-12)8-4-3-5-9(11)10(8)13-2/h3-5,7,12H,6H2,1-2H3. The van der Waals surface area contributed by atoms with Crippen LogP contribution < -0.4 is 4.74 Å². The lowest BCUT2D eigenvalue weighted by molar-refractivity contribution is 0.269. The van der Waals surface area contributed by atoms with Crippen molar-refractivity contribution in [1.29, 1.82) is 0 Å². The van der Waals surface area contributed by atoms with Crippen molar-refractivity contribution in [2.75, 3.05) is 13.7 Å². The second kappa shape index (κ2) is 4.81. The molecule has 0 aliphatic heterocycles. The Bertz CT molecular complexity index is 286. The smallest absolute Gasteiger partial charge is 0.135 e. The summed E-state index contributed by atoms with van der Waals surface area (Å²) in [6, 6.07) is 5.96. The highest BCUT2D eigenvalue weighted by Gasteiger charge is 2.12. The fourth-order valence-corrected chi connectivity index (χ4v) is 1.97. The molecule has 0 amide bonds. The molecule has 0 aliphatic rings. The summed E-state index contributed by atoms with van der Waals surface area (Å²) in [4.78, 5) is 0. The molecule has 0 aromatic heterocycles. The Morgan fingerprint density at radius 1 is 1.54 bits per heavy atom. The number of hydrogen-bond donors (Lipinski definition) is 1. The van der Waals surface area contributed by atoms with Gasteiger partial charge in [0.05, 0.1) is 10.7 Å². The first-order chi connectivity index (χ1) is 6.20. The van der Waals surface area contributed by atoms with E-state index in [1.807, 2.05) is 25.1 Å². The average molecular weight is 292 g/mol. The van der Waals surface area contributed by atoms with Gasteiger partial charge < -0.3 is 9.84 Å². The lowest BCUT2D eigenvalue weighted by Crippen LogP contribution is -2.02. The lowest BCUT2D eigenvalue weighted by atomic mass is 10.0. The zero-order valence-corrected chi connectivity index (χ0v) is 9.91. The van der Waals surface area contributed by atoms with E-state index in [0.717, 1.165) is 14.9 Å². The summed E-state index contributed by atoms with van der Waals surface area (Å²) < 4.78 is 6.36. The molecule has 72 valence electrons. The molecule has 0 radical (unpaired) electrons. The van der Waals surface area contributed by atoms with Gasteiger partial charge in [-0.05, 0) is 28.7 Å². The predicted octanol–water partition coefficient (Wildman–Crippen LogP) is 2.40. The van der Waals surface area contributed by atoms with Crippen LogP contribution in [0.15, 0.2) is 18.2 Å². The molecule has 1 aromatic rings. The van der Waals surface area contributed by atoms with Crippen LogP contribution in [0.4, 0.5) is 0 Å². The van der Waals surface area contributed by atoms with Crippen LogP contribution in [0, 0.1) is 3.57 Å². The molecule has 3 heteroatoms. The zero-order chi connectivity index (χ0) is 9.84. The van der Waals surface area contributed by atoms with Crippen molar-refractivity contribution < 1.29 is 9.84 Å². The minimum atomic E-state index is 0.129. The third kappa shape index (κ3) is 2.34. The maximum absolute atomic E-state index is 9.04. The molecule has 0 heterocycles. The van der Waals surface area contributed by atoms with E-state index in [-0.39, 0.29) is 12.5 Å². The summed E-state index contributed by atoms with van der Waals surface area (Å²) in [5, 5.41) is 9.04. The molecule has 0 fully saturated rings. The molecule has 0 bridgehead atoms. The molecule has 1 aromatic carbocycles. The number of methoxy groups -OCH3 is 1. The maximum Gasteiger partial charge on any atom is 0.135 e. The van der Waals surface area contributed by atoms with Crippen molar-refractivity contribution in [2.24, 2.45) is 0 Å². The number of para-hydroxylation sites is 1. The summed E-state index contributed by atoms with van der Waals surface area (Å²) in [5.74, 6) is 1.01. The van der Waals surface area contributed by atoms with Crippen LogP contribution in [0.1, 0.15) is 18.4 Å². The third-order valence-corrected chi connectivity index (χ3v) is 2.86. The molecule has 1 atom stereocenters. The Kier molecular flexibility index (Phi) is 3.99. The number of aliphatic hydroxyl groups is 1. The van der Waals surface area contributed by atoms with Crippen LogP contribution in [0.5, 0.6) is 5.75 Å². The summed E-state index contributed by atoms with van der Waals surface area (Å²) in [7, 11) is 1.66. The van der Waals surface area contributed by atoms with E-state index in [9.17, 15) is 0 Å². The van der Waals surface area contributed by atoms with Crippen molar-refractivity contribution >= 4 is 22.6 Å². The molecule has 0 aliphatic carbocycles. The molecule has 0 saturated carbocycles. The zero-order valence-electron chi connectivity index (χ0n) is 7.75. The summed E-state index contributed by atoms with van der Waals surface area (Å²) in [6.07, 6.45) is 0. The van der Waals surface area contributed by atoms with Gasteiger partial charge in [0.15, 0.2) is 0 Å². The normalized spacial score (nSPS) is 12.6. The van der Waals surface area contributed by atoms with E-state index in [2.05, 4.69) is 22.6 Å². The number of benzene rings is 1. The molecule has 13 heavy (non-hydrogen) atoms. The SMILES string of the molecule is COc1c(I)cccc1C(C)CO. The minimum absolute atomic E-state index is 0.129. The topological polar surface area (TPSA) is 29.5 Å². The first-order valence-corrected chi connectivity index (χ1v) is 5.21. The monoisotopic (exact) mass is 292 g/mol. The van der Waals surface area contributed by atoms with Crippen LogP contribution in [0.2, 0.25) is 0 Å². The van der Waals surface area contributed by atoms with Gasteiger partial charge in [-0.3, -0.25) is 0 Å². The van der Waals surface area contributed by atoms with Crippen LogP contribution >= 0.6 is 22.6 Å². The van der Waals surface area contributed by atoms with Crippen molar-refractivity contribution in [3.8, 4) is 5.75 Å². The number of rotatable bonds is 3. The molecule has 2 nitrogen and oxygen atoms in total. The largest absolute Gasteiger partial charge is 0.495 e. The van der Waals surface area contributed by atoms with Gasteiger partial charge in [0, 0.05) is 18.1 Å². The van der Waals surface area contributed by atoms with Gasteiger partial charge in [0.1, 0.15) is 5.75 Å². The van der Waals surface area contributed by atoms with Crippen molar-refractivity contribution in [3.05, 3.63) is 27.3 Å².